The largest absolute Gasteiger partial charge is 0.103 e. The van der Waals surface area contributed by atoms with Gasteiger partial charge in [0.15, 0.2) is 0 Å². The molecule has 0 heteroatoms. The zero-order chi connectivity index (χ0) is 13.3. The maximum atomic E-state index is 3.76. The Kier molecular flexibility index (Phi) is 5.68. The highest BCUT2D eigenvalue weighted by atomic mass is 14.0. The second-order valence-electron chi connectivity index (χ2n) is 5.28. The first-order valence-corrected chi connectivity index (χ1v) is 7.49. The minimum Gasteiger partial charge on any atom is -0.103 e. The van der Waals surface area contributed by atoms with Gasteiger partial charge in [-0.05, 0) is 42.0 Å². The van der Waals surface area contributed by atoms with E-state index >= 15 is 0 Å². The normalized spacial score (nSPS) is 10.7. The fourth-order valence-corrected chi connectivity index (χ4v) is 2.54. The van der Waals surface area contributed by atoms with Crippen molar-refractivity contribution in [2.75, 3.05) is 0 Å². The van der Waals surface area contributed by atoms with Gasteiger partial charge in [-0.25, -0.2) is 0 Å². The summed E-state index contributed by atoms with van der Waals surface area (Å²) in [6.45, 7) is 3.76. The molecule has 0 nitrogen and oxygen atoms in total. The number of unbranched alkanes of at least 4 members (excludes halogenated alkanes) is 5. The van der Waals surface area contributed by atoms with Gasteiger partial charge in [0.05, 0.1) is 0 Å². The lowest BCUT2D eigenvalue weighted by atomic mass is 10.0. The van der Waals surface area contributed by atoms with E-state index in [1.807, 2.05) is 6.08 Å². The molecule has 0 saturated heterocycles. The van der Waals surface area contributed by atoms with Gasteiger partial charge in [-0.15, -0.1) is 6.58 Å². The summed E-state index contributed by atoms with van der Waals surface area (Å²) in [6, 6.07) is 15.5. The van der Waals surface area contributed by atoms with E-state index < -0.39 is 0 Å². The smallest absolute Gasteiger partial charge is 0.0181 e. The number of hydrogen-bond donors (Lipinski definition) is 0. The zero-order valence-corrected chi connectivity index (χ0v) is 11.8. The predicted molar refractivity (Wildman–Crippen MR) is 85.6 cm³/mol. The standard InChI is InChI=1S/C19H24/c1-2-3-4-5-6-7-8-11-17-14-15-18-12-9-10-13-19(18)16-17/h2,9-10,12-16H,1,3-8,11H2. The first-order valence-electron chi connectivity index (χ1n) is 7.49. The lowest BCUT2D eigenvalue weighted by Gasteiger charge is -2.04. The molecule has 2 rings (SSSR count). The van der Waals surface area contributed by atoms with Crippen molar-refractivity contribution in [1.29, 1.82) is 0 Å². The molecule has 100 valence electrons. The molecule has 0 aromatic heterocycles. The average Bonchev–Trinajstić information content (AvgIpc) is 2.46. The highest BCUT2D eigenvalue weighted by molar-refractivity contribution is 5.82. The molecule has 0 aliphatic heterocycles. The second-order valence-corrected chi connectivity index (χ2v) is 5.28. The molecule has 0 aliphatic carbocycles. The fourth-order valence-electron chi connectivity index (χ4n) is 2.54. The second kappa shape index (κ2) is 7.78. The van der Waals surface area contributed by atoms with Crippen molar-refractivity contribution in [3.05, 3.63) is 60.7 Å². The van der Waals surface area contributed by atoms with E-state index in [0.29, 0.717) is 0 Å². The van der Waals surface area contributed by atoms with Crippen LogP contribution in [0.4, 0.5) is 0 Å². The van der Waals surface area contributed by atoms with Crippen LogP contribution in [0.15, 0.2) is 55.1 Å². The fraction of sp³-hybridized carbons (Fsp3) is 0.368. The highest BCUT2D eigenvalue weighted by Crippen LogP contribution is 2.17. The van der Waals surface area contributed by atoms with Crippen LogP contribution in [-0.4, -0.2) is 0 Å². The Labute approximate surface area is 117 Å². The maximum Gasteiger partial charge on any atom is -0.0181 e. The zero-order valence-electron chi connectivity index (χ0n) is 11.8. The van der Waals surface area contributed by atoms with Gasteiger partial charge in [0.1, 0.15) is 0 Å². The predicted octanol–water partition coefficient (Wildman–Crippen LogP) is 5.91. The summed E-state index contributed by atoms with van der Waals surface area (Å²) in [5.74, 6) is 0. The summed E-state index contributed by atoms with van der Waals surface area (Å²) in [5, 5.41) is 2.71. The molecule has 0 radical (unpaired) electrons. The van der Waals surface area contributed by atoms with Crippen LogP contribution in [0.5, 0.6) is 0 Å². The van der Waals surface area contributed by atoms with Crippen molar-refractivity contribution >= 4 is 10.8 Å². The topological polar surface area (TPSA) is 0 Å². The molecule has 0 spiro atoms. The molecule has 0 amide bonds. The van der Waals surface area contributed by atoms with E-state index in [1.54, 1.807) is 0 Å². The third-order valence-electron chi connectivity index (χ3n) is 3.69. The molecule has 2 aromatic rings. The summed E-state index contributed by atoms with van der Waals surface area (Å²) in [5.41, 5.74) is 1.48. The molecule has 2 aromatic carbocycles. The van der Waals surface area contributed by atoms with Crippen LogP contribution in [0, 0.1) is 0 Å². The van der Waals surface area contributed by atoms with Gasteiger partial charge in [0, 0.05) is 0 Å². The lowest BCUT2D eigenvalue weighted by Crippen LogP contribution is -1.86. The van der Waals surface area contributed by atoms with Crippen LogP contribution in [0.2, 0.25) is 0 Å². The minimum absolute atomic E-state index is 1.17. The molecule has 0 unspecified atom stereocenters. The van der Waals surface area contributed by atoms with E-state index in [2.05, 4.69) is 49.0 Å². The summed E-state index contributed by atoms with van der Waals surface area (Å²) < 4.78 is 0. The number of allylic oxidation sites excluding steroid dienone is 1. The van der Waals surface area contributed by atoms with Crippen LogP contribution >= 0.6 is 0 Å². The summed E-state index contributed by atoms with van der Waals surface area (Å²) in [7, 11) is 0. The monoisotopic (exact) mass is 252 g/mol. The summed E-state index contributed by atoms with van der Waals surface area (Å²) in [4.78, 5) is 0. The quantitative estimate of drug-likeness (QED) is 0.405. The van der Waals surface area contributed by atoms with Crippen LogP contribution in [-0.2, 0) is 6.42 Å². The van der Waals surface area contributed by atoms with Crippen molar-refractivity contribution in [1.82, 2.24) is 0 Å². The van der Waals surface area contributed by atoms with Gasteiger partial charge < -0.3 is 0 Å². The van der Waals surface area contributed by atoms with Gasteiger partial charge in [-0.2, -0.15) is 0 Å². The molecule has 0 atom stereocenters. The molecule has 0 N–H and O–H groups in total. The molecular formula is C19H24. The maximum absolute atomic E-state index is 3.76. The molecule has 0 aliphatic rings. The van der Waals surface area contributed by atoms with Gasteiger partial charge >= 0.3 is 0 Å². The average molecular weight is 252 g/mol. The van der Waals surface area contributed by atoms with E-state index in [0.717, 1.165) is 0 Å². The summed E-state index contributed by atoms with van der Waals surface area (Å²) >= 11 is 0. The van der Waals surface area contributed by atoms with Crippen LogP contribution in [0.25, 0.3) is 10.8 Å². The Morgan fingerprint density at radius 2 is 1.53 bits per heavy atom. The van der Waals surface area contributed by atoms with Crippen LogP contribution in [0.3, 0.4) is 0 Å². The van der Waals surface area contributed by atoms with Crippen molar-refractivity contribution in [2.45, 2.75) is 44.9 Å². The van der Waals surface area contributed by atoms with Gasteiger partial charge in [0.25, 0.3) is 0 Å². The minimum atomic E-state index is 1.17. The molecule has 0 saturated carbocycles. The first kappa shape index (κ1) is 13.9. The third-order valence-corrected chi connectivity index (χ3v) is 3.69. The van der Waals surface area contributed by atoms with E-state index in [4.69, 9.17) is 0 Å². The Hall–Kier alpha value is -1.56. The molecule has 0 fully saturated rings. The highest BCUT2D eigenvalue weighted by Gasteiger charge is 1.97. The van der Waals surface area contributed by atoms with Crippen LogP contribution < -0.4 is 0 Å². The van der Waals surface area contributed by atoms with E-state index in [9.17, 15) is 0 Å². The first-order chi connectivity index (χ1) is 9.40. The molecule has 19 heavy (non-hydrogen) atoms. The lowest BCUT2D eigenvalue weighted by molar-refractivity contribution is 0.618. The number of hydrogen-bond acceptors (Lipinski definition) is 0. The van der Waals surface area contributed by atoms with E-state index in [1.165, 1.54) is 61.3 Å². The number of rotatable bonds is 8. The van der Waals surface area contributed by atoms with Crippen LogP contribution in [0.1, 0.15) is 44.1 Å². The SMILES string of the molecule is C=CCCCCCCCc1ccc2ccccc2c1. The molecule has 0 bridgehead atoms. The molecule has 0 heterocycles. The Morgan fingerprint density at radius 3 is 2.37 bits per heavy atom. The Morgan fingerprint density at radius 1 is 0.789 bits per heavy atom. The van der Waals surface area contributed by atoms with Crippen molar-refractivity contribution in [3.8, 4) is 0 Å². The van der Waals surface area contributed by atoms with Crippen molar-refractivity contribution in [3.63, 3.8) is 0 Å². The Bertz CT molecular complexity index is 510. The summed E-state index contributed by atoms with van der Waals surface area (Å²) in [6.07, 6.45) is 11.1. The van der Waals surface area contributed by atoms with E-state index in [-0.39, 0.29) is 0 Å². The molecular weight excluding hydrogens is 228 g/mol. The van der Waals surface area contributed by atoms with Crippen molar-refractivity contribution < 1.29 is 0 Å². The Balaban J connectivity index is 1.74. The number of aryl methyl sites for hydroxylation is 1. The van der Waals surface area contributed by atoms with Gasteiger partial charge in [-0.1, -0.05) is 67.8 Å². The van der Waals surface area contributed by atoms with Crippen molar-refractivity contribution in [2.24, 2.45) is 0 Å². The van der Waals surface area contributed by atoms with Gasteiger partial charge in [-0.3, -0.25) is 0 Å². The number of fused-ring (bicyclic) bond motifs is 1. The van der Waals surface area contributed by atoms with Gasteiger partial charge in [0.2, 0.25) is 0 Å². The number of benzene rings is 2. The third kappa shape index (κ3) is 4.55.